The predicted molar refractivity (Wildman–Crippen MR) is 118 cm³/mol. The van der Waals surface area contributed by atoms with E-state index >= 15 is 0 Å². The van der Waals surface area contributed by atoms with Crippen LogP contribution in [0.15, 0.2) is 42.5 Å². The van der Waals surface area contributed by atoms with E-state index in [2.05, 4.69) is 56.7 Å². The molecular formula is C23H28N6. The Morgan fingerprint density at radius 1 is 1.00 bits per heavy atom. The quantitative estimate of drug-likeness (QED) is 0.514. The average molecular weight is 389 g/mol. The fourth-order valence-electron chi connectivity index (χ4n) is 3.42. The van der Waals surface area contributed by atoms with Gasteiger partial charge in [-0.2, -0.15) is 0 Å². The van der Waals surface area contributed by atoms with Gasteiger partial charge in [0.15, 0.2) is 5.65 Å². The van der Waals surface area contributed by atoms with Gasteiger partial charge in [0.05, 0.1) is 17.1 Å². The van der Waals surface area contributed by atoms with Gasteiger partial charge in [0.25, 0.3) is 0 Å². The second-order valence-corrected chi connectivity index (χ2v) is 8.94. The topological polar surface area (TPSA) is 85.4 Å². The zero-order valence-corrected chi connectivity index (χ0v) is 17.7. The minimum absolute atomic E-state index is 0.101. The SMILES string of the molecule is CC(C)Cn1c(N)nc2ccc(-c3[nH]c(C(C)(C)C)nc3-c3ccccc3)nc21. The minimum atomic E-state index is -0.101. The van der Waals surface area contributed by atoms with Crippen molar-refractivity contribution in [3.05, 3.63) is 48.3 Å². The van der Waals surface area contributed by atoms with Crippen LogP contribution >= 0.6 is 0 Å². The van der Waals surface area contributed by atoms with E-state index in [1.807, 2.05) is 34.9 Å². The van der Waals surface area contributed by atoms with Gasteiger partial charge in [-0.1, -0.05) is 65.0 Å². The number of pyridine rings is 1. The monoisotopic (exact) mass is 388 g/mol. The molecule has 3 aromatic heterocycles. The number of aromatic nitrogens is 5. The fraction of sp³-hybridized carbons (Fsp3) is 0.348. The summed E-state index contributed by atoms with van der Waals surface area (Å²) in [5, 5.41) is 0. The van der Waals surface area contributed by atoms with E-state index < -0.39 is 0 Å². The lowest BCUT2D eigenvalue weighted by Gasteiger charge is -2.14. The molecule has 3 heterocycles. The van der Waals surface area contributed by atoms with Crippen LogP contribution in [0.5, 0.6) is 0 Å². The van der Waals surface area contributed by atoms with E-state index in [0.29, 0.717) is 11.9 Å². The molecule has 150 valence electrons. The predicted octanol–water partition coefficient (Wildman–Crippen LogP) is 5.02. The van der Waals surface area contributed by atoms with Crippen LogP contribution in [0.2, 0.25) is 0 Å². The zero-order valence-electron chi connectivity index (χ0n) is 17.7. The maximum Gasteiger partial charge on any atom is 0.202 e. The first-order valence-corrected chi connectivity index (χ1v) is 10.0. The van der Waals surface area contributed by atoms with Gasteiger partial charge in [-0.15, -0.1) is 0 Å². The van der Waals surface area contributed by atoms with Crippen LogP contribution in [-0.4, -0.2) is 24.5 Å². The Kier molecular flexibility index (Phi) is 4.65. The summed E-state index contributed by atoms with van der Waals surface area (Å²) < 4.78 is 1.99. The number of nitrogen functional groups attached to an aromatic ring is 1. The summed E-state index contributed by atoms with van der Waals surface area (Å²) in [5.41, 5.74) is 11.4. The molecule has 0 bridgehead atoms. The first-order valence-electron chi connectivity index (χ1n) is 10.0. The Balaban J connectivity index is 1.92. The van der Waals surface area contributed by atoms with Gasteiger partial charge in [0.1, 0.15) is 11.3 Å². The van der Waals surface area contributed by atoms with Crippen molar-refractivity contribution in [1.82, 2.24) is 24.5 Å². The molecule has 0 aliphatic carbocycles. The third-order valence-corrected chi connectivity index (χ3v) is 4.89. The molecule has 0 atom stereocenters. The van der Waals surface area contributed by atoms with E-state index in [0.717, 1.165) is 46.2 Å². The standard InChI is InChI=1S/C23H28N6/c1-14(2)13-29-20-17(26-22(29)24)12-11-16(25-20)19-18(15-9-7-6-8-10-15)27-21(28-19)23(3,4)5/h6-12,14H,13H2,1-5H3,(H2,24,26)(H,27,28). The molecule has 4 aromatic rings. The Bertz CT molecular complexity index is 1150. The molecule has 6 heteroatoms. The fourth-order valence-corrected chi connectivity index (χ4v) is 3.42. The maximum atomic E-state index is 6.16. The molecule has 0 unspecified atom stereocenters. The highest BCUT2D eigenvalue weighted by Crippen LogP contribution is 2.33. The number of rotatable bonds is 4. The molecule has 0 aliphatic heterocycles. The summed E-state index contributed by atoms with van der Waals surface area (Å²) in [5.74, 6) is 1.88. The van der Waals surface area contributed by atoms with Crippen molar-refractivity contribution in [3.8, 4) is 22.6 Å². The molecule has 0 fully saturated rings. The van der Waals surface area contributed by atoms with E-state index in [1.165, 1.54) is 0 Å². The lowest BCUT2D eigenvalue weighted by molar-refractivity contribution is 0.535. The molecule has 6 nitrogen and oxygen atoms in total. The summed E-state index contributed by atoms with van der Waals surface area (Å²) in [6.07, 6.45) is 0. The zero-order chi connectivity index (χ0) is 20.8. The first-order chi connectivity index (χ1) is 13.7. The molecule has 0 aliphatic rings. The lowest BCUT2D eigenvalue weighted by atomic mass is 9.96. The third kappa shape index (κ3) is 3.62. The number of hydrogen-bond acceptors (Lipinski definition) is 4. The second kappa shape index (κ2) is 7.03. The molecule has 0 saturated heterocycles. The summed E-state index contributed by atoms with van der Waals surface area (Å²) in [6, 6.07) is 14.2. The highest BCUT2D eigenvalue weighted by molar-refractivity contribution is 5.82. The van der Waals surface area contributed by atoms with Gasteiger partial charge in [0, 0.05) is 17.5 Å². The van der Waals surface area contributed by atoms with E-state index in [4.69, 9.17) is 15.7 Å². The molecular weight excluding hydrogens is 360 g/mol. The lowest BCUT2D eigenvalue weighted by Crippen LogP contribution is -2.13. The molecule has 3 N–H and O–H groups in total. The molecule has 0 saturated carbocycles. The number of nitrogens with two attached hydrogens (primary N) is 1. The number of nitrogens with zero attached hydrogens (tertiary/aromatic N) is 4. The average Bonchev–Trinajstić information content (AvgIpc) is 3.24. The summed E-state index contributed by atoms with van der Waals surface area (Å²) in [6.45, 7) is 11.6. The summed E-state index contributed by atoms with van der Waals surface area (Å²) >= 11 is 0. The molecule has 1 aromatic carbocycles. The van der Waals surface area contributed by atoms with Crippen LogP contribution < -0.4 is 5.73 Å². The summed E-state index contributed by atoms with van der Waals surface area (Å²) in [7, 11) is 0. The van der Waals surface area contributed by atoms with Crippen LogP contribution in [0.25, 0.3) is 33.8 Å². The van der Waals surface area contributed by atoms with Crippen molar-refractivity contribution in [2.45, 2.75) is 46.6 Å². The largest absolute Gasteiger partial charge is 0.369 e. The minimum Gasteiger partial charge on any atom is -0.369 e. The third-order valence-electron chi connectivity index (χ3n) is 4.89. The Hall–Kier alpha value is -3.15. The molecule has 0 radical (unpaired) electrons. The Labute approximate surface area is 171 Å². The van der Waals surface area contributed by atoms with Crippen molar-refractivity contribution in [1.29, 1.82) is 0 Å². The second-order valence-electron chi connectivity index (χ2n) is 8.94. The number of imidazole rings is 2. The van der Waals surface area contributed by atoms with E-state index in [1.54, 1.807) is 0 Å². The molecule has 29 heavy (non-hydrogen) atoms. The number of fused-ring (bicyclic) bond motifs is 1. The van der Waals surface area contributed by atoms with Crippen LogP contribution in [0.3, 0.4) is 0 Å². The van der Waals surface area contributed by atoms with Crippen LogP contribution in [-0.2, 0) is 12.0 Å². The molecule has 4 rings (SSSR count). The van der Waals surface area contributed by atoms with Crippen LogP contribution in [0.4, 0.5) is 5.95 Å². The smallest absolute Gasteiger partial charge is 0.202 e. The Morgan fingerprint density at radius 2 is 1.72 bits per heavy atom. The van der Waals surface area contributed by atoms with Crippen LogP contribution in [0, 0.1) is 5.92 Å². The number of hydrogen-bond donors (Lipinski definition) is 2. The normalized spacial score (nSPS) is 12.2. The number of benzene rings is 1. The first kappa shape index (κ1) is 19.2. The van der Waals surface area contributed by atoms with E-state index in [9.17, 15) is 0 Å². The van der Waals surface area contributed by atoms with Crippen LogP contribution in [0.1, 0.15) is 40.4 Å². The molecule has 0 spiro atoms. The summed E-state index contributed by atoms with van der Waals surface area (Å²) in [4.78, 5) is 17.9. The highest BCUT2D eigenvalue weighted by Gasteiger charge is 2.23. The molecule has 0 amide bonds. The number of nitrogens with one attached hydrogen (secondary N) is 1. The number of anilines is 1. The van der Waals surface area contributed by atoms with Gasteiger partial charge in [-0.3, -0.25) is 4.57 Å². The van der Waals surface area contributed by atoms with E-state index in [-0.39, 0.29) is 5.41 Å². The van der Waals surface area contributed by atoms with Crippen molar-refractivity contribution in [2.75, 3.05) is 5.73 Å². The number of H-pyrrole nitrogens is 1. The van der Waals surface area contributed by atoms with Crippen molar-refractivity contribution < 1.29 is 0 Å². The number of aromatic amines is 1. The van der Waals surface area contributed by atoms with Crippen molar-refractivity contribution >= 4 is 17.1 Å². The maximum absolute atomic E-state index is 6.16. The van der Waals surface area contributed by atoms with Gasteiger partial charge in [-0.05, 0) is 18.1 Å². The van der Waals surface area contributed by atoms with Gasteiger partial charge in [0.2, 0.25) is 5.95 Å². The van der Waals surface area contributed by atoms with Crippen molar-refractivity contribution in [3.63, 3.8) is 0 Å². The Morgan fingerprint density at radius 3 is 2.38 bits per heavy atom. The van der Waals surface area contributed by atoms with Gasteiger partial charge >= 0.3 is 0 Å². The van der Waals surface area contributed by atoms with Gasteiger partial charge in [-0.25, -0.2) is 15.0 Å². The van der Waals surface area contributed by atoms with Gasteiger partial charge < -0.3 is 10.7 Å². The highest BCUT2D eigenvalue weighted by atomic mass is 15.2. The van der Waals surface area contributed by atoms with Crippen molar-refractivity contribution in [2.24, 2.45) is 5.92 Å².